The lowest BCUT2D eigenvalue weighted by molar-refractivity contribution is 0.286. The van der Waals surface area contributed by atoms with E-state index in [2.05, 4.69) is 15.3 Å². The standard InChI is InChI=1S/C8H15N3O/c12-5-1-3-9-4-2-8-6-10-7-11-8/h6-7,9,12H,1-5H2,(H,10,11). The van der Waals surface area contributed by atoms with Gasteiger partial charge in [0, 0.05) is 31.5 Å². The number of rotatable bonds is 6. The molecule has 0 bridgehead atoms. The van der Waals surface area contributed by atoms with Crippen molar-refractivity contribution < 1.29 is 5.11 Å². The number of hydrogen-bond acceptors (Lipinski definition) is 3. The summed E-state index contributed by atoms with van der Waals surface area (Å²) < 4.78 is 0. The fourth-order valence-electron chi connectivity index (χ4n) is 0.974. The lowest BCUT2D eigenvalue weighted by Crippen LogP contribution is -2.19. The molecule has 12 heavy (non-hydrogen) atoms. The molecule has 3 N–H and O–H groups in total. The molecule has 0 spiro atoms. The zero-order valence-corrected chi connectivity index (χ0v) is 7.08. The maximum atomic E-state index is 8.49. The highest BCUT2D eigenvalue weighted by molar-refractivity contribution is 4.94. The molecule has 0 saturated heterocycles. The summed E-state index contributed by atoms with van der Waals surface area (Å²) >= 11 is 0. The zero-order valence-electron chi connectivity index (χ0n) is 7.08. The Bertz CT molecular complexity index is 186. The van der Waals surface area contributed by atoms with E-state index in [9.17, 15) is 0 Å². The van der Waals surface area contributed by atoms with Crippen LogP contribution in [0.15, 0.2) is 12.5 Å². The fraction of sp³-hybridized carbons (Fsp3) is 0.625. The molecule has 0 aliphatic rings. The van der Waals surface area contributed by atoms with E-state index in [0.29, 0.717) is 0 Å². The number of hydrogen-bond donors (Lipinski definition) is 3. The van der Waals surface area contributed by atoms with Crippen LogP contribution < -0.4 is 5.32 Å². The summed E-state index contributed by atoms with van der Waals surface area (Å²) in [6.07, 6.45) is 5.30. The van der Waals surface area contributed by atoms with E-state index in [1.54, 1.807) is 6.33 Å². The Morgan fingerprint density at radius 3 is 3.08 bits per heavy atom. The Hall–Kier alpha value is -0.870. The van der Waals surface area contributed by atoms with Gasteiger partial charge in [-0.15, -0.1) is 0 Å². The van der Waals surface area contributed by atoms with Crippen molar-refractivity contribution in [1.29, 1.82) is 0 Å². The molecule has 0 amide bonds. The van der Waals surface area contributed by atoms with Crippen molar-refractivity contribution in [3.05, 3.63) is 18.2 Å². The minimum absolute atomic E-state index is 0.261. The predicted molar refractivity (Wildman–Crippen MR) is 46.9 cm³/mol. The predicted octanol–water partition coefficient (Wildman–Crippen LogP) is -0.0758. The van der Waals surface area contributed by atoms with Crippen LogP contribution in [0.3, 0.4) is 0 Å². The summed E-state index contributed by atoms with van der Waals surface area (Å²) in [4.78, 5) is 6.94. The average Bonchev–Trinajstić information content (AvgIpc) is 2.57. The minimum atomic E-state index is 0.261. The number of aliphatic hydroxyl groups excluding tert-OH is 1. The Balaban J connectivity index is 1.96. The van der Waals surface area contributed by atoms with Gasteiger partial charge in [-0.25, -0.2) is 4.98 Å². The molecule has 1 rings (SSSR count). The smallest absolute Gasteiger partial charge is 0.0921 e. The first-order chi connectivity index (χ1) is 5.93. The van der Waals surface area contributed by atoms with Crippen molar-refractivity contribution >= 4 is 0 Å². The number of aromatic amines is 1. The largest absolute Gasteiger partial charge is 0.396 e. The van der Waals surface area contributed by atoms with E-state index in [0.717, 1.165) is 31.6 Å². The van der Waals surface area contributed by atoms with E-state index in [1.165, 1.54) is 0 Å². The van der Waals surface area contributed by atoms with Crippen LogP contribution in [0.1, 0.15) is 12.1 Å². The molecule has 0 saturated carbocycles. The zero-order chi connectivity index (χ0) is 8.65. The summed E-state index contributed by atoms with van der Waals surface area (Å²) in [6, 6.07) is 0. The lowest BCUT2D eigenvalue weighted by atomic mass is 10.3. The first-order valence-electron chi connectivity index (χ1n) is 4.22. The number of H-pyrrole nitrogens is 1. The van der Waals surface area contributed by atoms with Crippen LogP contribution in [-0.2, 0) is 6.42 Å². The van der Waals surface area contributed by atoms with Gasteiger partial charge in [0.05, 0.1) is 6.33 Å². The highest BCUT2D eigenvalue weighted by Gasteiger charge is 1.92. The van der Waals surface area contributed by atoms with Crippen LogP contribution in [0, 0.1) is 0 Å². The Morgan fingerprint density at radius 1 is 1.50 bits per heavy atom. The van der Waals surface area contributed by atoms with Gasteiger partial charge in [0.15, 0.2) is 0 Å². The van der Waals surface area contributed by atoms with Gasteiger partial charge in [-0.05, 0) is 13.0 Å². The van der Waals surface area contributed by atoms with Crippen LogP contribution >= 0.6 is 0 Å². The van der Waals surface area contributed by atoms with Crippen molar-refractivity contribution in [3.8, 4) is 0 Å². The van der Waals surface area contributed by atoms with Crippen molar-refractivity contribution in [2.75, 3.05) is 19.7 Å². The molecule has 0 aliphatic heterocycles. The third-order valence-electron chi connectivity index (χ3n) is 1.64. The number of aliphatic hydroxyl groups is 1. The second-order valence-electron chi connectivity index (χ2n) is 2.65. The summed E-state index contributed by atoms with van der Waals surface area (Å²) in [5.74, 6) is 0. The van der Waals surface area contributed by atoms with Crippen molar-refractivity contribution in [1.82, 2.24) is 15.3 Å². The van der Waals surface area contributed by atoms with Crippen molar-refractivity contribution in [2.45, 2.75) is 12.8 Å². The Morgan fingerprint density at radius 2 is 2.42 bits per heavy atom. The van der Waals surface area contributed by atoms with Crippen molar-refractivity contribution in [3.63, 3.8) is 0 Å². The van der Waals surface area contributed by atoms with E-state index in [1.807, 2.05) is 6.20 Å². The fourth-order valence-corrected chi connectivity index (χ4v) is 0.974. The van der Waals surface area contributed by atoms with Crippen LogP contribution in [-0.4, -0.2) is 34.8 Å². The monoisotopic (exact) mass is 169 g/mol. The second kappa shape index (κ2) is 5.74. The first-order valence-corrected chi connectivity index (χ1v) is 4.22. The van der Waals surface area contributed by atoms with E-state index < -0.39 is 0 Å². The minimum Gasteiger partial charge on any atom is -0.396 e. The first kappa shape index (κ1) is 9.22. The number of imidazole rings is 1. The van der Waals surface area contributed by atoms with Gasteiger partial charge in [0.25, 0.3) is 0 Å². The summed E-state index contributed by atoms with van der Waals surface area (Å²) in [5.41, 5.74) is 1.14. The molecule has 0 radical (unpaired) electrons. The second-order valence-corrected chi connectivity index (χ2v) is 2.65. The van der Waals surface area contributed by atoms with Gasteiger partial charge >= 0.3 is 0 Å². The van der Waals surface area contributed by atoms with Crippen LogP contribution in [0.4, 0.5) is 0 Å². The maximum absolute atomic E-state index is 8.49. The van der Waals surface area contributed by atoms with Crippen molar-refractivity contribution in [2.24, 2.45) is 0 Å². The van der Waals surface area contributed by atoms with E-state index in [-0.39, 0.29) is 6.61 Å². The topological polar surface area (TPSA) is 60.9 Å². The normalized spacial score (nSPS) is 10.4. The summed E-state index contributed by atoms with van der Waals surface area (Å²) in [5, 5.41) is 11.7. The van der Waals surface area contributed by atoms with Gasteiger partial charge in [-0.1, -0.05) is 0 Å². The van der Waals surface area contributed by atoms with E-state index >= 15 is 0 Å². The van der Waals surface area contributed by atoms with Crippen LogP contribution in [0.2, 0.25) is 0 Å². The van der Waals surface area contributed by atoms with Gasteiger partial charge in [-0.2, -0.15) is 0 Å². The Labute approximate surface area is 72.0 Å². The molecule has 1 aromatic heterocycles. The summed E-state index contributed by atoms with van der Waals surface area (Å²) in [7, 11) is 0. The summed E-state index contributed by atoms with van der Waals surface area (Å²) in [6.45, 7) is 2.07. The van der Waals surface area contributed by atoms with Crippen LogP contribution in [0.5, 0.6) is 0 Å². The average molecular weight is 169 g/mol. The van der Waals surface area contributed by atoms with Gasteiger partial charge < -0.3 is 15.4 Å². The molecule has 68 valence electrons. The molecule has 0 aromatic carbocycles. The third-order valence-corrected chi connectivity index (χ3v) is 1.64. The SMILES string of the molecule is OCCCNCCc1cnc[nH]1. The van der Waals surface area contributed by atoms with Gasteiger partial charge in [0.2, 0.25) is 0 Å². The number of aromatic nitrogens is 2. The highest BCUT2D eigenvalue weighted by Crippen LogP contribution is 1.90. The molecular formula is C8H15N3O. The molecule has 0 aliphatic carbocycles. The molecule has 1 aromatic rings. The number of nitrogens with one attached hydrogen (secondary N) is 2. The van der Waals surface area contributed by atoms with Gasteiger partial charge in [0.1, 0.15) is 0 Å². The quantitative estimate of drug-likeness (QED) is 0.522. The third kappa shape index (κ3) is 3.50. The molecule has 4 nitrogen and oxygen atoms in total. The molecule has 0 unspecified atom stereocenters. The lowest BCUT2D eigenvalue weighted by Gasteiger charge is -2.00. The molecule has 0 fully saturated rings. The highest BCUT2D eigenvalue weighted by atomic mass is 16.3. The van der Waals surface area contributed by atoms with Crippen LogP contribution in [0.25, 0.3) is 0 Å². The Kier molecular flexibility index (Phi) is 4.41. The molecule has 4 heteroatoms. The number of nitrogens with zero attached hydrogens (tertiary/aromatic N) is 1. The molecule has 1 heterocycles. The molecular weight excluding hydrogens is 154 g/mol. The molecule has 0 atom stereocenters. The maximum Gasteiger partial charge on any atom is 0.0921 e. The van der Waals surface area contributed by atoms with Gasteiger partial charge in [-0.3, -0.25) is 0 Å². The van der Waals surface area contributed by atoms with E-state index in [4.69, 9.17) is 5.11 Å².